The summed E-state index contributed by atoms with van der Waals surface area (Å²) in [6.45, 7) is 13.5. The predicted molar refractivity (Wildman–Crippen MR) is 358 cm³/mol. The minimum atomic E-state index is -5.10. The standard InChI is InChI=1S/C65H92N2O26S4/c1-6-66-55-18-16-51-53(45-49(94(70,71)72)47-57(51)96(76,77)78)62(55)64(2,20-23-84-29-31-88-37-39-92-43-41-90-35-33-86-27-25-82-4)59(66)13-9-7-10-14-60-65(3,21-24-85-30-32-89-38-40-93-44-42-91-36-34-87-28-26-83-5)63-54-46-50(95(73,74)75)48-58(97(79,80)81)52(54)17-19-56(63)67(60)22-12-8-11-15-61(68)69/h7,9-10,13-14,16-19,45-48H,6,8,11-12,15,20-44H2,1-5H3,(H4-,68,69,70,71,72,73,74,75,76,77,78,79,80,81)/p+1. The quantitative estimate of drug-likeness (QED) is 0.0128. The van der Waals surface area contributed by atoms with Crippen LogP contribution in [-0.2, 0) is 113 Å². The molecular formula is C65H93N2O26S4+. The molecule has 2 heterocycles. The topological polar surface area (TPSA) is 372 Å². The highest BCUT2D eigenvalue weighted by Gasteiger charge is 2.49. The Kier molecular flexibility index (Phi) is 32.5. The van der Waals surface area contributed by atoms with E-state index in [9.17, 15) is 61.8 Å². The number of hydrogen-bond acceptors (Lipinski definition) is 22. The second-order valence-electron chi connectivity index (χ2n) is 22.9. The number of unbranched alkanes of at least 4 members (excludes halogenated alkanes) is 2. The fraction of sp³-hybridized carbons (Fsp3) is 0.569. The number of carboxylic acid groups (broad SMARTS) is 1. The van der Waals surface area contributed by atoms with Crippen LogP contribution in [0.4, 0.5) is 11.4 Å². The first kappa shape index (κ1) is 80.7. The molecule has 2 aliphatic heterocycles. The molecule has 0 amide bonds. The first-order valence-corrected chi connectivity index (χ1v) is 37.6. The van der Waals surface area contributed by atoms with Crippen molar-refractivity contribution in [3.05, 3.63) is 95.7 Å². The summed E-state index contributed by atoms with van der Waals surface area (Å²) in [6, 6.07) is 9.97. The molecule has 542 valence electrons. The van der Waals surface area contributed by atoms with Gasteiger partial charge in [0, 0.05) is 85.7 Å². The predicted octanol–water partition coefficient (Wildman–Crippen LogP) is 7.01. The maximum atomic E-state index is 13.0. The average Bonchev–Trinajstić information content (AvgIpc) is 1.59. The summed E-state index contributed by atoms with van der Waals surface area (Å²) < 4.78 is 214. The van der Waals surface area contributed by atoms with Crippen LogP contribution in [0, 0.1) is 0 Å². The van der Waals surface area contributed by atoms with E-state index in [0.29, 0.717) is 171 Å². The van der Waals surface area contributed by atoms with Crippen LogP contribution >= 0.6 is 0 Å². The van der Waals surface area contributed by atoms with Crippen LogP contribution in [0.25, 0.3) is 21.5 Å². The molecule has 6 rings (SSSR count). The molecule has 0 saturated carbocycles. The van der Waals surface area contributed by atoms with E-state index in [1.807, 2.05) is 42.4 Å². The van der Waals surface area contributed by atoms with Gasteiger partial charge < -0.3 is 66.8 Å². The lowest BCUT2D eigenvalue weighted by Gasteiger charge is -2.31. The number of carboxylic acids is 1. The Bertz CT molecular complexity index is 3840. The van der Waals surface area contributed by atoms with E-state index in [1.54, 1.807) is 44.6 Å². The Morgan fingerprint density at radius 2 is 0.876 bits per heavy atom. The fourth-order valence-electron chi connectivity index (χ4n) is 11.7. The maximum absolute atomic E-state index is 13.0. The van der Waals surface area contributed by atoms with Gasteiger partial charge >= 0.3 is 5.97 Å². The van der Waals surface area contributed by atoms with Crippen molar-refractivity contribution in [2.24, 2.45) is 0 Å². The molecule has 28 nitrogen and oxygen atoms in total. The van der Waals surface area contributed by atoms with Gasteiger partial charge in [0.05, 0.1) is 147 Å². The van der Waals surface area contributed by atoms with Gasteiger partial charge in [0.15, 0.2) is 5.71 Å². The number of hydrogen-bond donors (Lipinski definition) is 5. The molecular weight excluding hydrogens is 1350 g/mol. The molecule has 0 fully saturated rings. The van der Waals surface area contributed by atoms with E-state index in [0.717, 1.165) is 6.07 Å². The van der Waals surface area contributed by atoms with Gasteiger partial charge in [-0.25, -0.2) is 0 Å². The molecule has 0 radical (unpaired) electrons. The third-order valence-electron chi connectivity index (χ3n) is 16.3. The SMILES string of the molecule is CC[N+]1=C(/C=C/C=C/C=C2/N(CCCCCC(=O)O)c3ccc4c(S(=O)(=O)O)cc(S(=O)(=O)O)cc4c3C2(C)CCOCCOCCOCCOCCOCCOC)C(C)(CCOCCOCCOCCOCCOCCOC)c2c1ccc1c(S(=O)(=O)O)cc(S(=O)(=O)O)cc21. The minimum absolute atomic E-state index is 0.000482. The van der Waals surface area contributed by atoms with E-state index in [1.165, 1.54) is 18.2 Å². The average molecular weight is 1450 g/mol. The monoisotopic (exact) mass is 1450 g/mol. The van der Waals surface area contributed by atoms with Gasteiger partial charge in [0.2, 0.25) is 5.69 Å². The Balaban J connectivity index is 1.31. The molecule has 0 spiro atoms. The van der Waals surface area contributed by atoms with Crippen LogP contribution in [-0.4, -0.2) is 246 Å². The van der Waals surface area contributed by atoms with Gasteiger partial charge in [-0.05, 0) is 105 Å². The zero-order valence-corrected chi connectivity index (χ0v) is 58.8. The van der Waals surface area contributed by atoms with E-state index < -0.39 is 76.9 Å². The van der Waals surface area contributed by atoms with Crippen LogP contribution in [0.3, 0.4) is 0 Å². The lowest BCUT2D eigenvalue weighted by atomic mass is 9.75. The third kappa shape index (κ3) is 23.4. The summed E-state index contributed by atoms with van der Waals surface area (Å²) >= 11 is 0. The lowest BCUT2D eigenvalue weighted by molar-refractivity contribution is -0.433. The van der Waals surface area contributed by atoms with Crippen LogP contribution in [0.2, 0.25) is 0 Å². The van der Waals surface area contributed by atoms with E-state index in [-0.39, 0.29) is 93.7 Å². The zero-order valence-electron chi connectivity index (χ0n) is 55.6. The fourth-order valence-corrected chi connectivity index (χ4v) is 14.4. The van der Waals surface area contributed by atoms with E-state index in [4.69, 9.17) is 56.8 Å². The molecule has 0 aliphatic carbocycles. The van der Waals surface area contributed by atoms with Crippen molar-refractivity contribution in [2.45, 2.75) is 89.7 Å². The Morgan fingerprint density at radius 1 is 0.474 bits per heavy atom. The van der Waals surface area contributed by atoms with Crippen molar-refractivity contribution in [1.82, 2.24) is 0 Å². The molecule has 2 atom stereocenters. The summed E-state index contributed by atoms with van der Waals surface area (Å²) in [7, 11) is -17.1. The smallest absolute Gasteiger partial charge is 0.303 e. The van der Waals surface area contributed by atoms with Crippen LogP contribution < -0.4 is 4.90 Å². The molecule has 4 aromatic carbocycles. The van der Waals surface area contributed by atoms with Crippen molar-refractivity contribution < 1.29 is 123 Å². The highest BCUT2D eigenvalue weighted by Crippen LogP contribution is 2.54. The Morgan fingerprint density at radius 3 is 1.28 bits per heavy atom. The van der Waals surface area contributed by atoms with Gasteiger partial charge in [-0.3, -0.25) is 23.0 Å². The van der Waals surface area contributed by atoms with Crippen LogP contribution in [0.5, 0.6) is 0 Å². The third-order valence-corrected chi connectivity index (χ3v) is 19.7. The Hall–Kier alpha value is -5.28. The van der Waals surface area contributed by atoms with E-state index >= 15 is 0 Å². The number of carbonyl (C=O) groups is 1. The van der Waals surface area contributed by atoms with Crippen molar-refractivity contribution >= 4 is 85.1 Å². The second kappa shape index (κ2) is 39.1. The van der Waals surface area contributed by atoms with Gasteiger partial charge in [-0.1, -0.05) is 30.7 Å². The molecule has 32 heteroatoms. The number of benzene rings is 4. The van der Waals surface area contributed by atoms with Crippen LogP contribution in [0.15, 0.2) is 104 Å². The normalized spacial score (nSPS) is 17.4. The second-order valence-corrected chi connectivity index (χ2v) is 28.5. The summed E-state index contributed by atoms with van der Waals surface area (Å²) in [4.78, 5) is 10.5. The van der Waals surface area contributed by atoms with Crippen LogP contribution in [0.1, 0.15) is 70.4 Å². The van der Waals surface area contributed by atoms with Gasteiger partial charge in [0.1, 0.15) is 16.3 Å². The largest absolute Gasteiger partial charge is 0.481 e. The van der Waals surface area contributed by atoms with Gasteiger partial charge in [-0.15, -0.1) is 0 Å². The summed E-state index contributed by atoms with van der Waals surface area (Å²) in [5.74, 6) is -0.958. The Labute approximate surface area is 568 Å². The molecule has 4 aromatic rings. The number of rotatable bonds is 50. The molecule has 0 saturated heterocycles. The van der Waals surface area contributed by atoms with Gasteiger partial charge in [0.25, 0.3) is 40.5 Å². The summed E-state index contributed by atoms with van der Waals surface area (Å²) in [5.41, 5.74) is 1.13. The summed E-state index contributed by atoms with van der Waals surface area (Å²) in [5, 5.41) is 9.66. The first-order chi connectivity index (χ1) is 46.2. The molecule has 5 N–H and O–H groups in total. The van der Waals surface area contributed by atoms with Crippen molar-refractivity contribution in [3.8, 4) is 0 Å². The minimum Gasteiger partial charge on any atom is -0.481 e. The number of ether oxygens (including phenoxy) is 12. The highest BCUT2D eigenvalue weighted by atomic mass is 32.2. The molecule has 0 aromatic heterocycles. The lowest BCUT2D eigenvalue weighted by Crippen LogP contribution is -2.33. The van der Waals surface area contributed by atoms with Crippen molar-refractivity contribution in [2.75, 3.05) is 178 Å². The number of methoxy groups -OCH3 is 2. The number of nitrogens with zero attached hydrogens (tertiary/aromatic N) is 2. The maximum Gasteiger partial charge on any atom is 0.303 e. The summed E-state index contributed by atoms with van der Waals surface area (Å²) in [6.07, 6.45) is 10.7. The van der Waals surface area contributed by atoms with Crippen molar-refractivity contribution in [3.63, 3.8) is 0 Å². The van der Waals surface area contributed by atoms with E-state index in [2.05, 4.69) is 0 Å². The van der Waals surface area contributed by atoms with Crippen molar-refractivity contribution in [1.29, 1.82) is 0 Å². The number of aliphatic carboxylic acids is 1. The molecule has 0 bridgehead atoms. The molecule has 97 heavy (non-hydrogen) atoms. The molecule has 2 unspecified atom stereocenters. The number of fused-ring (bicyclic) bond motifs is 6. The first-order valence-electron chi connectivity index (χ1n) is 31.8. The number of anilines is 1. The number of allylic oxidation sites excluding steroid dienone is 6. The van der Waals surface area contributed by atoms with Gasteiger partial charge in [-0.2, -0.15) is 38.2 Å². The molecule has 2 aliphatic rings. The zero-order chi connectivity index (χ0) is 70.7. The highest BCUT2D eigenvalue weighted by molar-refractivity contribution is 7.87.